The van der Waals surface area contributed by atoms with Gasteiger partial charge in [0.2, 0.25) is 5.88 Å². The lowest BCUT2D eigenvalue weighted by Gasteiger charge is -2.31. The van der Waals surface area contributed by atoms with Crippen molar-refractivity contribution < 1.29 is 23.1 Å². The van der Waals surface area contributed by atoms with Gasteiger partial charge < -0.3 is 20.7 Å². The van der Waals surface area contributed by atoms with Crippen LogP contribution in [0.15, 0.2) is 12.1 Å². The Hall–Kier alpha value is -2.54. The molecule has 9 nitrogen and oxygen atoms in total. The maximum absolute atomic E-state index is 14.0. The number of nitrogens with zero attached hydrogens (tertiary/aromatic N) is 3. The minimum absolute atomic E-state index is 0.102. The number of nitrogens with two attached hydrogens (primary N) is 1. The number of fused-ring (bicyclic) bond motifs is 2. The SMILES string of the molecule is CN1CC2CC1CN2CCCCNC(=O)Nc1snc(OCc2cc(F)c(Cl)cc2F)c1C(N)=O. The molecule has 2 atom stereocenters. The second kappa shape index (κ2) is 11.0. The van der Waals surface area contributed by atoms with Crippen molar-refractivity contribution in [2.75, 3.05) is 38.5 Å². The molecule has 0 radical (unpaired) electrons. The fraction of sp³-hybridized carbons (Fsp3) is 0.500. The molecular weight excluding hydrogens is 502 g/mol. The number of likely N-dealkylation sites (N-methyl/N-ethyl adjacent to an activating group) is 1. The fourth-order valence-corrected chi connectivity index (χ4v) is 5.39. The van der Waals surface area contributed by atoms with Crippen molar-refractivity contribution in [3.05, 3.63) is 39.9 Å². The standard InChI is InChI=1S/C22H27ClF2N6O3S/c1-30-9-14-7-13(30)10-31(14)5-3-2-4-27-22(33)28-21-18(19(26)32)20(29-35-21)34-11-12-6-17(25)15(23)8-16(12)24/h6,8,13-14H,2-5,7,9-11H2,1H3,(H2,26,32)(H2,27,28,33). The third-order valence-electron chi connectivity index (χ3n) is 6.37. The van der Waals surface area contributed by atoms with Gasteiger partial charge in [0.05, 0.1) is 5.02 Å². The lowest BCUT2D eigenvalue weighted by atomic mass is 10.2. The van der Waals surface area contributed by atoms with Crippen LogP contribution in [-0.4, -0.2) is 71.4 Å². The van der Waals surface area contributed by atoms with E-state index in [4.69, 9.17) is 22.1 Å². The van der Waals surface area contributed by atoms with Gasteiger partial charge >= 0.3 is 6.03 Å². The van der Waals surface area contributed by atoms with E-state index in [0.29, 0.717) is 18.6 Å². The number of urea groups is 1. The zero-order chi connectivity index (χ0) is 25.1. The van der Waals surface area contributed by atoms with Gasteiger partial charge in [0.15, 0.2) is 0 Å². The number of halogens is 3. The van der Waals surface area contributed by atoms with Gasteiger partial charge in [0.25, 0.3) is 5.91 Å². The summed E-state index contributed by atoms with van der Waals surface area (Å²) in [5.74, 6) is -2.63. The molecule has 2 aliphatic heterocycles. The van der Waals surface area contributed by atoms with Crippen molar-refractivity contribution in [3.8, 4) is 5.88 Å². The van der Waals surface area contributed by atoms with E-state index < -0.39 is 30.2 Å². The van der Waals surface area contributed by atoms with Crippen LogP contribution in [0.2, 0.25) is 5.02 Å². The number of hydrogen-bond donors (Lipinski definition) is 3. The molecule has 2 saturated heterocycles. The van der Waals surface area contributed by atoms with Crippen LogP contribution in [0.4, 0.5) is 18.6 Å². The van der Waals surface area contributed by atoms with E-state index in [9.17, 15) is 18.4 Å². The second-order valence-corrected chi connectivity index (χ2v) is 9.95. The quantitative estimate of drug-likeness (QED) is 0.323. The summed E-state index contributed by atoms with van der Waals surface area (Å²) < 4.78 is 37.0. The molecule has 190 valence electrons. The van der Waals surface area contributed by atoms with Crippen LogP contribution in [0, 0.1) is 11.6 Å². The van der Waals surface area contributed by atoms with Crippen LogP contribution in [0.5, 0.6) is 5.88 Å². The number of anilines is 1. The molecule has 2 aliphatic rings. The molecule has 4 rings (SSSR count). The minimum Gasteiger partial charge on any atom is -0.471 e. The topological polar surface area (TPSA) is 113 Å². The molecule has 2 fully saturated rings. The highest BCUT2D eigenvalue weighted by molar-refractivity contribution is 7.11. The van der Waals surface area contributed by atoms with E-state index in [0.717, 1.165) is 56.1 Å². The summed E-state index contributed by atoms with van der Waals surface area (Å²) in [7, 11) is 2.17. The van der Waals surface area contributed by atoms with Crippen molar-refractivity contribution in [1.82, 2.24) is 19.5 Å². The molecule has 3 heterocycles. The second-order valence-electron chi connectivity index (χ2n) is 8.77. The number of primary amides is 1. The molecule has 0 spiro atoms. The van der Waals surface area contributed by atoms with E-state index in [1.54, 1.807) is 0 Å². The van der Waals surface area contributed by atoms with Crippen LogP contribution in [0.1, 0.15) is 35.2 Å². The summed E-state index contributed by atoms with van der Waals surface area (Å²) in [4.78, 5) is 29.2. The number of benzene rings is 1. The molecular formula is C22H27ClF2N6O3S. The molecule has 13 heteroatoms. The van der Waals surface area contributed by atoms with Crippen molar-refractivity contribution >= 4 is 40.1 Å². The van der Waals surface area contributed by atoms with Gasteiger partial charge in [-0.2, -0.15) is 4.37 Å². The van der Waals surface area contributed by atoms with Gasteiger partial charge in [-0.1, -0.05) is 11.6 Å². The first-order valence-electron chi connectivity index (χ1n) is 11.3. The molecule has 1 aromatic heterocycles. The number of hydrogen-bond acceptors (Lipinski definition) is 7. The summed E-state index contributed by atoms with van der Waals surface area (Å²) in [6.45, 7) is 3.31. The van der Waals surface area contributed by atoms with Gasteiger partial charge in [-0.15, -0.1) is 0 Å². The summed E-state index contributed by atoms with van der Waals surface area (Å²) >= 11 is 6.34. The highest BCUT2D eigenvalue weighted by Gasteiger charge is 2.40. The maximum atomic E-state index is 14.0. The average molecular weight is 529 g/mol. The zero-order valence-electron chi connectivity index (χ0n) is 19.2. The third-order valence-corrected chi connectivity index (χ3v) is 7.41. The van der Waals surface area contributed by atoms with E-state index >= 15 is 0 Å². The molecule has 35 heavy (non-hydrogen) atoms. The Balaban J connectivity index is 1.24. The van der Waals surface area contributed by atoms with Gasteiger partial charge in [-0.3, -0.25) is 15.0 Å². The highest BCUT2D eigenvalue weighted by Crippen LogP contribution is 2.31. The molecule has 2 bridgehead atoms. The van der Waals surface area contributed by atoms with Gasteiger partial charge in [0, 0.05) is 37.3 Å². The summed E-state index contributed by atoms with van der Waals surface area (Å²) in [6.07, 6.45) is 3.03. The molecule has 0 saturated carbocycles. The Morgan fingerprint density at radius 2 is 2.06 bits per heavy atom. The summed E-state index contributed by atoms with van der Waals surface area (Å²) in [5.41, 5.74) is 5.17. The van der Waals surface area contributed by atoms with Crippen LogP contribution < -0.4 is 21.1 Å². The lowest BCUT2D eigenvalue weighted by Crippen LogP contribution is -2.44. The minimum atomic E-state index is -0.877. The lowest BCUT2D eigenvalue weighted by molar-refractivity contribution is 0.0996. The number of likely N-dealkylation sites (tertiary alicyclic amines) is 2. The number of unbranched alkanes of at least 4 members (excludes halogenated alkanes) is 1. The molecule has 2 unspecified atom stereocenters. The van der Waals surface area contributed by atoms with E-state index in [-0.39, 0.29) is 27.0 Å². The van der Waals surface area contributed by atoms with Crippen LogP contribution in [0.25, 0.3) is 0 Å². The Kier molecular flexibility index (Phi) is 8.05. The zero-order valence-corrected chi connectivity index (χ0v) is 20.7. The number of carbonyl (C=O) groups is 2. The van der Waals surface area contributed by atoms with Gasteiger partial charge in [-0.05, 0) is 56.5 Å². The molecule has 3 amide bonds. The highest BCUT2D eigenvalue weighted by atomic mass is 35.5. The average Bonchev–Trinajstić information content (AvgIpc) is 3.49. The Morgan fingerprint density at radius 3 is 2.74 bits per heavy atom. The number of aromatic nitrogens is 1. The van der Waals surface area contributed by atoms with Crippen LogP contribution >= 0.6 is 23.1 Å². The van der Waals surface area contributed by atoms with E-state index in [2.05, 4.69) is 31.9 Å². The van der Waals surface area contributed by atoms with Gasteiger partial charge in [0.1, 0.15) is 28.8 Å². The van der Waals surface area contributed by atoms with Crippen LogP contribution in [0.3, 0.4) is 0 Å². The number of rotatable bonds is 10. The Labute approximate surface area is 210 Å². The number of piperazine rings is 1. The number of nitrogens with one attached hydrogen (secondary N) is 2. The molecule has 1 aromatic carbocycles. The maximum Gasteiger partial charge on any atom is 0.319 e. The van der Waals surface area contributed by atoms with Crippen molar-refractivity contribution in [2.24, 2.45) is 5.73 Å². The third kappa shape index (κ3) is 6.00. The van der Waals surface area contributed by atoms with Crippen molar-refractivity contribution in [2.45, 2.75) is 38.0 Å². The summed E-state index contributed by atoms with van der Waals surface area (Å²) in [6, 6.07) is 2.54. The molecule has 0 aliphatic carbocycles. The first-order chi connectivity index (χ1) is 16.7. The monoisotopic (exact) mass is 528 g/mol. The summed E-state index contributed by atoms with van der Waals surface area (Å²) in [5, 5.41) is 5.06. The van der Waals surface area contributed by atoms with E-state index in [1.807, 2.05) is 0 Å². The van der Waals surface area contributed by atoms with Crippen molar-refractivity contribution in [1.29, 1.82) is 0 Å². The Morgan fingerprint density at radius 1 is 1.26 bits per heavy atom. The first kappa shape index (κ1) is 25.5. The first-order valence-corrected chi connectivity index (χ1v) is 12.4. The fourth-order valence-electron chi connectivity index (χ4n) is 4.51. The predicted molar refractivity (Wildman–Crippen MR) is 129 cm³/mol. The van der Waals surface area contributed by atoms with Crippen molar-refractivity contribution in [3.63, 3.8) is 0 Å². The van der Waals surface area contributed by atoms with E-state index in [1.165, 1.54) is 6.42 Å². The normalized spacial score (nSPS) is 19.8. The largest absolute Gasteiger partial charge is 0.471 e. The smallest absolute Gasteiger partial charge is 0.319 e. The number of ether oxygens (including phenoxy) is 1. The number of carbonyl (C=O) groups excluding carboxylic acids is 2. The molecule has 2 aromatic rings. The predicted octanol–water partition coefficient (Wildman–Crippen LogP) is 3.04. The Bertz CT molecular complexity index is 1100. The number of amides is 3. The molecule has 4 N–H and O–H groups in total. The van der Waals surface area contributed by atoms with Crippen LogP contribution in [-0.2, 0) is 6.61 Å². The van der Waals surface area contributed by atoms with Gasteiger partial charge in [-0.25, -0.2) is 13.6 Å².